The first-order valence-corrected chi connectivity index (χ1v) is 5.23. The van der Waals surface area contributed by atoms with E-state index in [-0.39, 0.29) is 0 Å². The maximum Gasteiger partial charge on any atom is 0.106 e. The summed E-state index contributed by atoms with van der Waals surface area (Å²) in [6, 6.07) is 4.32. The normalized spacial score (nSPS) is 11.1. The molecule has 1 aromatic carbocycles. The molecule has 2 heteroatoms. The maximum absolute atomic E-state index is 4.58. The van der Waals surface area contributed by atoms with E-state index in [9.17, 15) is 0 Å². The molecule has 0 saturated heterocycles. The predicted molar refractivity (Wildman–Crippen MR) is 59.6 cm³/mol. The van der Waals surface area contributed by atoms with E-state index in [4.69, 9.17) is 0 Å². The number of hydrogen-bond acceptors (Lipinski definition) is 1. The molecular formula is C12H16N2. The van der Waals surface area contributed by atoms with Gasteiger partial charge in [0.05, 0.1) is 11.0 Å². The zero-order valence-corrected chi connectivity index (χ0v) is 9.02. The Balaban J connectivity index is 2.68. The minimum Gasteiger partial charge on any atom is -0.342 e. The largest absolute Gasteiger partial charge is 0.342 e. The number of H-pyrrole nitrogens is 1. The standard InChI is InChI=1S/C12H16N2/c1-4-9-6-7-10-12(8(9)3)14-11(5-2)13-10/h6-7H,4-5H2,1-3H3,(H,13,14). The van der Waals surface area contributed by atoms with Crippen molar-refractivity contribution in [3.05, 3.63) is 29.1 Å². The van der Waals surface area contributed by atoms with Crippen molar-refractivity contribution in [2.24, 2.45) is 0 Å². The van der Waals surface area contributed by atoms with Crippen LogP contribution in [0.15, 0.2) is 12.1 Å². The second kappa shape index (κ2) is 3.45. The molecule has 0 unspecified atom stereocenters. The monoisotopic (exact) mass is 188 g/mol. The van der Waals surface area contributed by atoms with Crippen LogP contribution < -0.4 is 0 Å². The first-order chi connectivity index (χ1) is 6.76. The molecular weight excluding hydrogens is 172 g/mol. The van der Waals surface area contributed by atoms with Crippen molar-refractivity contribution in [3.8, 4) is 0 Å². The summed E-state index contributed by atoms with van der Waals surface area (Å²) < 4.78 is 0. The molecule has 0 aliphatic heterocycles. The number of aromatic nitrogens is 2. The predicted octanol–water partition coefficient (Wildman–Crippen LogP) is 3.00. The summed E-state index contributed by atoms with van der Waals surface area (Å²) in [7, 11) is 0. The van der Waals surface area contributed by atoms with Crippen LogP contribution in [0.1, 0.15) is 30.8 Å². The van der Waals surface area contributed by atoms with Gasteiger partial charge in [0, 0.05) is 6.42 Å². The van der Waals surface area contributed by atoms with Gasteiger partial charge in [0.2, 0.25) is 0 Å². The molecule has 0 atom stereocenters. The van der Waals surface area contributed by atoms with Gasteiger partial charge in [-0.3, -0.25) is 0 Å². The number of aromatic amines is 1. The van der Waals surface area contributed by atoms with E-state index in [1.807, 2.05) is 0 Å². The van der Waals surface area contributed by atoms with Crippen LogP contribution in [-0.4, -0.2) is 9.97 Å². The number of nitrogens with zero attached hydrogens (tertiary/aromatic N) is 1. The molecule has 1 aromatic heterocycles. The van der Waals surface area contributed by atoms with E-state index in [0.29, 0.717) is 0 Å². The topological polar surface area (TPSA) is 28.7 Å². The Morgan fingerprint density at radius 3 is 2.64 bits per heavy atom. The van der Waals surface area contributed by atoms with Crippen LogP contribution in [-0.2, 0) is 12.8 Å². The first kappa shape index (κ1) is 9.25. The lowest BCUT2D eigenvalue weighted by Crippen LogP contribution is -1.87. The van der Waals surface area contributed by atoms with Gasteiger partial charge in [-0.1, -0.05) is 19.9 Å². The van der Waals surface area contributed by atoms with Gasteiger partial charge in [-0.15, -0.1) is 0 Å². The van der Waals surface area contributed by atoms with Crippen LogP contribution in [0.5, 0.6) is 0 Å². The number of benzene rings is 1. The van der Waals surface area contributed by atoms with E-state index in [1.165, 1.54) is 11.1 Å². The number of rotatable bonds is 2. The average Bonchev–Trinajstić information content (AvgIpc) is 2.62. The van der Waals surface area contributed by atoms with Gasteiger partial charge in [-0.05, 0) is 30.5 Å². The fourth-order valence-electron chi connectivity index (χ4n) is 1.86. The SMILES string of the molecule is CCc1nc2c(C)c(CC)ccc2[nH]1. The molecule has 74 valence electrons. The smallest absolute Gasteiger partial charge is 0.106 e. The van der Waals surface area contributed by atoms with Gasteiger partial charge >= 0.3 is 0 Å². The zero-order chi connectivity index (χ0) is 10.1. The summed E-state index contributed by atoms with van der Waals surface area (Å²) in [4.78, 5) is 7.91. The van der Waals surface area contributed by atoms with Gasteiger partial charge in [0.1, 0.15) is 5.82 Å². The van der Waals surface area contributed by atoms with E-state index in [1.54, 1.807) is 0 Å². The Labute approximate surface area is 84.4 Å². The van der Waals surface area contributed by atoms with Crippen molar-refractivity contribution in [3.63, 3.8) is 0 Å². The quantitative estimate of drug-likeness (QED) is 0.771. The molecule has 0 fully saturated rings. The molecule has 14 heavy (non-hydrogen) atoms. The average molecular weight is 188 g/mol. The fourth-order valence-corrected chi connectivity index (χ4v) is 1.86. The van der Waals surface area contributed by atoms with Gasteiger partial charge in [0.15, 0.2) is 0 Å². The lowest BCUT2D eigenvalue weighted by atomic mass is 10.1. The number of nitrogens with one attached hydrogen (secondary N) is 1. The number of imidazole rings is 1. The Kier molecular flexibility index (Phi) is 2.28. The lowest BCUT2D eigenvalue weighted by Gasteiger charge is -2.01. The van der Waals surface area contributed by atoms with Crippen LogP contribution in [0, 0.1) is 6.92 Å². The molecule has 2 aromatic rings. The summed E-state index contributed by atoms with van der Waals surface area (Å²) >= 11 is 0. The molecule has 2 nitrogen and oxygen atoms in total. The van der Waals surface area contributed by atoms with E-state index >= 15 is 0 Å². The number of fused-ring (bicyclic) bond motifs is 1. The minimum atomic E-state index is 0.968. The van der Waals surface area contributed by atoms with Crippen LogP contribution in [0.3, 0.4) is 0 Å². The maximum atomic E-state index is 4.58. The highest BCUT2D eigenvalue weighted by Crippen LogP contribution is 2.20. The van der Waals surface area contributed by atoms with Crippen LogP contribution in [0.25, 0.3) is 11.0 Å². The molecule has 0 saturated carbocycles. The fraction of sp³-hybridized carbons (Fsp3) is 0.417. The van der Waals surface area contributed by atoms with Crippen molar-refractivity contribution in [1.82, 2.24) is 9.97 Å². The molecule has 0 bridgehead atoms. The molecule has 0 aliphatic rings. The van der Waals surface area contributed by atoms with Crippen LogP contribution in [0.4, 0.5) is 0 Å². The number of aryl methyl sites for hydroxylation is 3. The summed E-state index contributed by atoms with van der Waals surface area (Å²) in [5.74, 6) is 1.08. The third-order valence-corrected chi connectivity index (χ3v) is 2.78. The Hall–Kier alpha value is -1.31. The van der Waals surface area contributed by atoms with Gasteiger partial charge in [-0.2, -0.15) is 0 Å². The highest BCUT2D eigenvalue weighted by atomic mass is 14.9. The molecule has 0 spiro atoms. The van der Waals surface area contributed by atoms with Crippen molar-refractivity contribution in [1.29, 1.82) is 0 Å². The second-order valence-corrected chi connectivity index (χ2v) is 3.64. The highest BCUT2D eigenvalue weighted by Gasteiger charge is 2.06. The van der Waals surface area contributed by atoms with E-state index < -0.39 is 0 Å². The van der Waals surface area contributed by atoms with Crippen LogP contribution >= 0.6 is 0 Å². The summed E-state index contributed by atoms with van der Waals surface area (Å²) in [6.45, 7) is 6.46. The molecule has 0 radical (unpaired) electrons. The zero-order valence-electron chi connectivity index (χ0n) is 9.02. The van der Waals surface area contributed by atoms with E-state index in [2.05, 4.69) is 42.9 Å². The Morgan fingerprint density at radius 2 is 2.00 bits per heavy atom. The molecule has 2 rings (SSSR count). The Morgan fingerprint density at radius 1 is 1.21 bits per heavy atom. The Bertz CT molecular complexity index is 455. The second-order valence-electron chi connectivity index (χ2n) is 3.64. The molecule has 1 N–H and O–H groups in total. The minimum absolute atomic E-state index is 0.968. The van der Waals surface area contributed by atoms with Crippen molar-refractivity contribution in [2.45, 2.75) is 33.6 Å². The number of hydrogen-bond donors (Lipinski definition) is 1. The summed E-state index contributed by atoms with van der Waals surface area (Å²) in [5.41, 5.74) is 5.02. The summed E-state index contributed by atoms with van der Waals surface area (Å²) in [6.07, 6.45) is 2.05. The van der Waals surface area contributed by atoms with Crippen molar-refractivity contribution < 1.29 is 0 Å². The van der Waals surface area contributed by atoms with Crippen molar-refractivity contribution in [2.75, 3.05) is 0 Å². The third-order valence-electron chi connectivity index (χ3n) is 2.78. The van der Waals surface area contributed by atoms with E-state index in [0.717, 1.165) is 29.7 Å². The summed E-state index contributed by atoms with van der Waals surface area (Å²) in [5, 5.41) is 0. The lowest BCUT2D eigenvalue weighted by molar-refractivity contribution is 0.999. The third kappa shape index (κ3) is 1.31. The first-order valence-electron chi connectivity index (χ1n) is 5.23. The van der Waals surface area contributed by atoms with Gasteiger partial charge in [-0.25, -0.2) is 4.98 Å². The van der Waals surface area contributed by atoms with Gasteiger partial charge < -0.3 is 4.98 Å². The van der Waals surface area contributed by atoms with Gasteiger partial charge in [0.25, 0.3) is 0 Å². The van der Waals surface area contributed by atoms with Crippen molar-refractivity contribution >= 4 is 11.0 Å². The molecule has 1 heterocycles. The van der Waals surface area contributed by atoms with Crippen LogP contribution in [0.2, 0.25) is 0 Å². The molecule has 0 aliphatic carbocycles. The molecule has 0 amide bonds. The highest BCUT2D eigenvalue weighted by molar-refractivity contribution is 5.79.